The van der Waals surface area contributed by atoms with Gasteiger partial charge in [-0.1, -0.05) is 24.3 Å². The zero-order valence-electron chi connectivity index (χ0n) is 12.3. The predicted octanol–water partition coefficient (Wildman–Crippen LogP) is 1.57. The largest absolute Gasteiger partial charge is 0.469 e. The molecule has 1 aromatic carbocycles. The Bertz CT molecular complexity index is 458. The standard InChI is InChI=1S/C16H24N2O2/c1-18(15(10-17)12-7-8-12)11-14-6-4-3-5-13(14)9-16(19)20-2/h3-6,12,15H,7-11,17H2,1-2H3. The van der Waals surface area contributed by atoms with Gasteiger partial charge in [0.1, 0.15) is 0 Å². The Kier molecular flexibility index (Phi) is 5.15. The first-order valence-corrected chi connectivity index (χ1v) is 7.19. The van der Waals surface area contributed by atoms with Gasteiger partial charge in [0, 0.05) is 19.1 Å². The van der Waals surface area contributed by atoms with E-state index in [0.717, 1.165) is 18.0 Å². The summed E-state index contributed by atoms with van der Waals surface area (Å²) in [7, 11) is 3.54. The Balaban J connectivity index is 2.05. The van der Waals surface area contributed by atoms with E-state index in [1.165, 1.54) is 25.5 Å². The van der Waals surface area contributed by atoms with Crippen molar-refractivity contribution in [3.05, 3.63) is 35.4 Å². The molecule has 0 heterocycles. The molecule has 1 atom stereocenters. The van der Waals surface area contributed by atoms with Gasteiger partial charge in [-0.2, -0.15) is 0 Å². The quantitative estimate of drug-likeness (QED) is 0.768. The summed E-state index contributed by atoms with van der Waals surface area (Å²) in [6, 6.07) is 8.49. The summed E-state index contributed by atoms with van der Waals surface area (Å²) < 4.78 is 4.76. The molecule has 4 heteroatoms. The number of likely N-dealkylation sites (N-methyl/N-ethyl adjacent to an activating group) is 1. The van der Waals surface area contributed by atoms with Crippen LogP contribution in [0.2, 0.25) is 0 Å². The lowest BCUT2D eigenvalue weighted by molar-refractivity contribution is -0.139. The number of hydrogen-bond acceptors (Lipinski definition) is 4. The van der Waals surface area contributed by atoms with Crippen molar-refractivity contribution in [2.24, 2.45) is 11.7 Å². The number of methoxy groups -OCH3 is 1. The summed E-state index contributed by atoms with van der Waals surface area (Å²) in [5.74, 6) is 0.551. The van der Waals surface area contributed by atoms with Crippen LogP contribution in [-0.2, 0) is 22.5 Å². The topological polar surface area (TPSA) is 55.6 Å². The second-order valence-corrected chi connectivity index (χ2v) is 5.58. The zero-order valence-corrected chi connectivity index (χ0v) is 12.3. The fourth-order valence-electron chi connectivity index (χ4n) is 2.71. The average molecular weight is 276 g/mol. The maximum Gasteiger partial charge on any atom is 0.309 e. The summed E-state index contributed by atoms with van der Waals surface area (Å²) >= 11 is 0. The lowest BCUT2D eigenvalue weighted by Gasteiger charge is -2.27. The smallest absolute Gasteiger partial charge is 0.309 e. The molecule has 1 aliphatic rings. The van der Waals surface area contributed by atoms with Crippen LogP contribution in [0, 0.1) is 5.92 Å². The molecule has 110 valence electrons. The number of carbonyl (C=O) groups excluding carboxylic acids is 1. The summed E-state index contributed by atoms with van der Waals surface area (Å²) in [6.07, 6.45) is 2.91. The molecule has 1 saturated carbocycles. The van der Waals surface area contributed by atoms with Crippen LogP contribution in [0.3, 0.4) is 0 Å². The average Bonchev–Trinajstić information content (AvgIpc) is 3.26. The van der Waals surface area contributed by atoms with Crippen molar-refractivity contribution < 1.29 is 9.53 Å². The molecule has 0 saturated heterocycles. The SMILES string of the molecule is COC(=O)Cc1ccccc1CN(C)C(CN)C1CC1. The third-order valence-corrected chi connectivity index (χ3v) is 4.07. The first-order valence-electron chi connectivity index (χ1n) is 7.19. The molecule has 0 bridgehead atoms. The highest BCUT2D eigenvalue weighted by Gasteiger charge is 2.32. The van der Waals surface area contributed by atoms with Gasteiger partial charge in [-0.15, -0.1) is 0 Å². The van der Waals surface area contributed by atoms with Crippen molar-refractivity contribution in [2.75, 3.05) is 20.7 Å². The molecule has 20 heavy (non-hydrogen) atoms. The Morgan fingerprint density at radius 2 is 2.05 bits per heavy atom. The van der Waals surface area contributed by atoms with Crippen LogP contribution in [0.4, 0.5) is 0 Å². The van der Waals surface area contributed by atoms with Crippen LogP contribution in [-0.4, -0.2) is 37.6 Å². The minimum Gasteiger partial charge on any atom is -0.469 e. The van der Waals surface area contributed by atoms with Gasteiger partial charge in [-0.3, -0.25) is 9.69 Å². The van der Waals surface area contributed by atoms with Gasteiger partial charge < -0.3 is 10.5 Å². The molecule has 0 aromatic heterocycles. The summed E-state index contributed by atoms with van der Waals surface area (Å²) in [5.41, 5.74) is 8.11. The number of nitrogens with two attached hydrogens (primary N) is 1. The molecule has 2 rings (SSSR count). The van der Waals surface area contributed by atoms with Gasteiger partial charge in [0.15, 0.2) is 0 Å². The third kappa shape index (κ3) is 3.81. The van der Waals surface area contributed by atoms with Crippen molar-refractivity contribution in [1.82, 2.24) is 4.90 Å². The molecular formula is C16H24N2O2. The summed E-state index contributed by atoms with van der Waals surface area (Å²) in [6.45, 7) is 1.52. The fraction of sp³-hybridized carbons (Fsp3) is 0.562. The Hall–Kier alpha value is -1.39. The van der Waals surface area contributed by atoms with E-state index in [4.69, 9.17) is 10.5 Å². The highest BCUT2D eigenvalue weighted by Crippen LogP contribution is 2.35. The highest BCUT2D eigenvalue weighted by molar-refractivity contribution is 5.72. The lowest BCUT2D eigenvalue weighted by Crippen LogP contribution is -2.39. The predicted molar refractivity (Wildman–Crippen MR) is 79.2 cm³/mol. The van der Waals surface area contributed by atoms with Crippen molar-refractivity contribution in [3.63, 3.8) is 0 Å². The number of rotatable bonds is 7. The van der Waals surface area contributed by atoms with Gasteiger partial charge >= 0.3 is 5.97 Å². The minimum absolute atomic E-state index is 0.197. The molecule has 0 aliphatic heterocycles. The van der Waals surface area contributed by atoms with Crippen LogP contribution in [0.1, 0.15) is 24.0 Å². The second kappa shape index (κ2) is 6.86. The number of carbonyl (C=O) groups is 1. The number of hydrogen-bond donors (Lipinski definition) is 1. The van der Waals surface area contributed by atoms with Gasteiger partial charge in [0.25, 0.3) is 0 Å². The van der Waals surface area contributed by atoms with Crippen LogP contribution in [0.25, 0.3) is 0 Å². The maximum atomic E-state index is 11.5. The van der Waals surface area contributed by atoms with Crippen LogP contribution in [0.15, 0.2) is 24.3 Å². The molecular weight excluding hydrogens is 252 g/mol. The van der Waals surface area contributed by atoms with E-state index in [2.05, 4.69) is 18.0 Å². The van der Waals surface area contributed by atoms with Gasteiger partial charge in [-0.05, 0) is 36.9 Å². The number of ether oxygens (including phenoxy) is 1. The van der Waals surface area contributed by atoms with Gasteiger partial charge in [0.2, 0.25) is 0 Å². The molecule has 0 spiro atoms. The van der Waals surface area contributed by atoms with Crippen molar-refractivity contribution in [1.29, 1.82) is 0 Å². The summed E-state index contributed by atoms with van der Waals surface area (Å²) in [5, 5.41) is 0. The van der Waals surface area contributed by atoms with E-state index in [1.54, 1.807) is 0 Å². The lowest BCUT2D eigenvalue weighted by atomic mass is 10.0. The van der Waals surface area contributed by atoms with Crippen LogP contribution in [0.5, 0.6) is 0 Å². The molecule has 1 aliphatic carbocycles. The van der Waals surface area contributed by atoms with E-state index >= 15 is 0 Å². The Labute approximate surface area is 120 Å². The van der Waals surface area contributed by atoms with Crippen LogP contribution >= 0.6 is 0 Å². The third-order valence-electron chi connectivity index (χ3n) is 4.07. The molecule has 0 amide bonds. The number of benzene rings is 1. The van der Waals surface area contributed by atoms with Crippen molar-refractivity contribution in [2.45, 2.75) is 31.8 Å². The molecule has 1 unspecified atom stereocenters. The first-order chi connectivity index (χ1) is 9.65. The minimum atomic E-state index is -0.197. The zero-order chi connectivity index (χ0) is 14.5. The maximum absolute atomic E-state index is 11.5. The first kappa shape index (κ1) is 15.0. The second-order valence-electron chi connectivity index (χ2n) is 5.58. The Morgan fingerprint density at radius 1 is 1.40 bits per heavy atom. The molecule has 4 nitrogen and oxygen atoms in total. The molecule has 1 fully saturated rings. The van der Waals surface area contributed by atoms with E-state index in [-0.39, 0.29) is 5.97 Å². The van der Waals surface area contributed by atoms with Crippen molar-refractivity contribution >= 4 is 5.97 Å². The van der Waals surface area contributed by atoms with Crippen molar-refractivity contribution in [3.8, 4) is 0 Å². The van der Waals surface area contributed by atoms with E-state index in [1.807, 2.05) is 18.2 Å². The summed E-state index contributed by atoms with van der Waals surface area (Å²) in [4.78, 5) is 13.8. The highest BCUT2D eigenvalue weighted by atomic mass is 16.5. The fourth-order valence-corrected chi connectivity index (χ4v) is 2.71. The van der Waals surface area contributed by atoms with Gasteiger partial charge in [-0.25, -0.2) is 0 Å². The van der Waals surface area contributed by atoms with Gasteiger partial charge in [0.05, 0.1) is 13.5 Å². The molecule has 2 N–H and O–H groups in total. The number of nitrogens with zero attached hydrogens (tertiary/aromatic N) is 1. The van der Waals surface area contributed by atoms with Crippen LogP contribution < -0.4 is 5.73 Å². The molecule has 0 radical (unpaired) electrons. The monoisotopic (exact) mass is 276 g/mol. The number of esters is 1. The van der Waals surface area contributed by atoms with E-state index < -0.39 is 0 Å². The van der Waals surface area contributed by atoms with E-state index in [9.17, 15) is 4.79 Å². The Morgan fingerprint density at radius 3 is 2.60 bits per heavy atom. The molecule has 1 aromatic rings. The van der Waals surface area contributed by atoms with E-state index in [0.29, 0.717) is 19.0 Å². The normalized spacial score (nSPS) is 16.2.